The van der Waals surface area contributed by atoms with Crippen molar-refractivity contribution in [2.75, 3.05) is 13.6 Å². The highest BCUT2D eigenvalue weighted by molar-refractivity contribution is 14.0. The highest BCUT2D eigenvalue weighted by atomic mass is 127. The topological polar surface area (TPSA) is 41.4 Å². The summed E-state index contributed by atoms with van der Waals surface area (Å²) in [6, 6.07) is 2.01. The third-order valence-electron chi connectivity index (χ3n) is 4.38. The Labute approximate surface area is 158 Å². The number of halogens is 4. The van der Waals surface area contributed by atoms with Gasteiger partial charge in [0.15, 0.2) is 5.96 Å². The zero-order valence-corrected chi connectivity index (χ0v) is 16.4. The fourth-order valence-corrected chi connectivity index (χ4v) is 3.09. The number of nitrogens with one attached hydrogen (secondary N) is 2. The lowest BCUT2D eigenvalue weighted by Gasteiger charge is -2.30. The van der Waals surface area contributed by atoms with E-state index in [0.717, 1.165) is 12.0 Å². The highest BCUT2D eigenvalue weighted by Gasteiger charge is 2.41. The van der Waals surface area contributed by atoms with Crippen LogP contribution in [0.3, 0.4) is 0 Å². The molecule has 1 aliphatic carbocycles. The van der Waals surface area contributed by atoms with Gasteiger partial charge >= 0.3 is 6.18 Å². The first-order chi connectivity index (χ1) is 10.9. The molecular weight excluding hydrogens is 432 g/mol. The quantitative estimate of drug-likeness (QED) is 0.411. The van der Waals surface area contributed by atoms with Crippen LogP contribution in [-0.4, -0.2) is 30.3 Å². The fraction of sp³-hybridized carbons (Fsp3) is 0.688. The van der Waals surface area contributed by atoms with Crippen molar-refractivity contribution in [3.05, 3.63) is 24.0 Å². The van der Waals surface area contributed by atoms with Crippen molar-refractivity contribution in [2.45, 2.75) is 38.4 Å². The lowest BCUT2D eigenvalue weighted by molar-refractivity contribution is -0.185. The first kappa shape index (κ1) is 21.1. The smallest absolute Gasteiger partial charge is 0.357 e. The van der Waals surface area contributed by atoms with Gasteiger partial charge in [-0.25, -0.2) is 0 Å². The second kappa shape index (κ2) is 9.53. The summed E-state index contributed by atoms with van der Waals surface area (Å²) in [5.74, 6) is -0.476. The Balaban J connectivity index is 0.00000288. The minimum Gasteiger partial charge on any atom is -0.357 e. The Hall–Kier alpha value is -0.930. The molecule has 2 atom stereocenters. The molecular formula is C16H26F3IN4. The summed E-state index contributed by atoms with van der Waals surface area (Å²) in [6.45, 7) is 1.16. The predicted octanol–water partition coefficient (Wildman–Crippen LogP) is 3.68. The van der Waals surface area contributed by atoms with E-state index in [4.69, 9.17) is 0 Å². The van der Waals surface area contributed by atoms with Gasteiger partial charge in [0.25, 0.3) is 0 Å². The standard InChI is InChI=1S/C16H25F3N4.HI/c1-20-15(22-10-13-6-7-23(2)11-13)21-9-12-4-3-5-14(8-12)16(17,18)19;/h6-7,11-12,14H,3-5,8-10H2,1-2H3,(H2,20,21,22);1H. The number of nitrogens with zero attached hydrogens (tertiary/aromatic N) is 2. The average molecular weight is 458 g/mol. The van der Waals surface area contributed by atoms with Crippen molar-refractivity contribution in [3.8, 4) is 0 Å². The first-order valence-corrected chi connectivity index (χ1v) is 8.00. The summed E-state index contributed by atoms with van der Waals surface area (Å²) < 4.78 is 40.5. The molecule has 1 saturated carbocycles. The number of hydrogen-bond acceptors (Lipinski definition) is 1. The van der Waals surface area contributed by atoms with E-state index in [0.29, 0.717) is 25.5 Å². The molecule has 0 spiro atoms. The summed E-state index contributed by atoms with van der Waals surface area (Å²) in [7, 11) is 3.62. The molecule has 4 nitrogen and oxygen atoms in total. The fourth-order valence-electron chi connectivity index (χ4n) is 3.09. The van der Waals surface area contributed by atoms with E-state index in [1.54, 1.807) is 7.05 Å². The number of alkyl halides is 3. The SMILES string of the molecule is CN=C(NCc1ccn(C)c1)NCC1CCCC(C(F)(F)F)C1.I. The van der Waals surface area contributed by atoms with Gasteiger partial charge in [-0.2, -0.15) is 13.2 Å². The van der Waals surface area contributed by atoms with Crippen molar-refractivity contribution in [2.24, 2.45) is 23.9 Å². The van der Waals surface area contributed by atoms with Crippen LogP contribution in [-0.2, 0) is 13.6 Å². The van der Waals surface area contributed by atoms with Gasteiger partial charge in [-0.15, -0.1) is 24.0 Å². The van der Waals surface area contributed by atoms with Gasteiger partial charge in [0.1, 0.15) is 0 Å². The van der Waals surface area contributed by atoms with Crippen LogP contribution >= 0.6 is 24.0 Å². The number of rotatable bonds is 4. The Bertz CT molecular complexity index is 528. The lowest BCUT2D eigenvalue weighted by Crippen LogP contribution is -2.41. The highest BCUT2D eigenvalue weighted by Crippen LogP contribution is 2.39. The monoisotopic (exact) mass is 458 g/mol. The molecule has 2 N–H and O–H groups in total. The van der Waals surface area contributed by atoms with E-state index < -0.39 is 12.1 Å². The van der Waals surface area contributed by atoms with Crippen LogP contribution in [0.25, 0.3) is 0 Å². The van der Waals surface area contributed by atoms with Gasteiger partial charge in [0, 0.05) is 39.6 Å². The maximum Gasteiger partial charge on any atom is 0.391 e. The second-order valence-electron chi connectivity index (χ2n) is 6.26. The Kier molecular flexibility index (Phi) is 8.38. The van der Waals surface area contributed by atoms with Crippen LogP contribution in [0.4, 0.5) is 13.2 Å². The molecule has 1 aromatic heterocycles. The van der Waals surface area contributed by atoms with Gasteiger partial charge in [0.2, 0.25) is 0 Å². The molecule has 1 heterocycles. The lowest BCUT2D eigenvalue weighted by atomic mass is 9.81. The molecule has 1 aliphatic rings. The summed E-state index contributed by atoms with van der Waals surface area (Å²) in [5, 5.41) is 6.34. The van der Waals surface area contributed by atoms with Gasteiger partial charge < -0.3 is 15.2 Å². The van der Waals surface area contributed by atoms with Crippen LogP contribution < -0.4 is 10.6 Å². The van der Waals surface area contributed by atoms with Crippen LogP contribution in [0.1, 0.15) is 31.2 Å². The molecule has 8 heteroatoms. The zero-order valence-electron chi connectivity index (χ0n) is 14.1. The second-order valence-corrected chi connectivity index (χ2v) is 6.26. The van der Waals surface area contributed by atoms with Crippen molar-refractivity contribution >= 4 is 29.9 Å². The maximum absolute atomic E-state index is 12.8. The molecule has 0 bridgehead atoms. The van der Waals surface area contributed by atoms with Crippen molar-refractivity contribution in [1.82, 2.24) is 15.2 Å². The minimum atomic E-state index is -4.06. The van der Waals surface area contributed by atoms with Gasteiger partial charge in [-0.3, -0.25) is 4.99 Å². The van der Waals surface area contributed by atoms with E-state index in [9.17, 15) is 13.2 Å². The van der Waals surface area contributed by atoms with E-state index in [1.165, 1.54) is 0 Å². The van der Waals surface area contributed by atoms with Crippen molar-refractivity contribution < 1.29 is 13.2 Å². The Morgan fingerprint density at radius 3 is 2.67 bits per heavy atom. The molecule has 2 rings (SSSR count). The van der Waals surface area contributed by atoms with Crippen LogP contribution in [0.15, 0.2) is 23.5 Å². The molecule has 2 unspecified atom stereocenters. The molecule has 1 aromatic rings. The molecule has 0 saturated heterocycles. The van der Waals surface area contributed by atoms with E-state index in [1.807, 2.05) is 30.1 Å². The number of guanidine groups is 1. The molecule has 1 fully saturated rings. The largest absolute Gasteiger partial charge is 0.391 e. The molecule has 0 radical (unpaired) electrons. The molecule has 138 valence electrons. The maximum atomic E-state index is 12.8. The van der Waals surface area contributed by atoms with Gasteiger partial charge in [-0.05, 0) is 36.8 Å². The van der Waals surface area contributed by atoms with Gasteiger partial charge in [-0.1, -0.05) is 6.42 Å². The molecule has 0 aromatic carbocycles. The van der Waals surface area contributed by atoms with Gasteiger partial charge in [0.05, 0.1) is 5.92 Å². The molecule has 0 aliphatic heterocycles. The van der Waals surface area contributed by atoms with E-state index in [2.05, 4.69) is 15.6 Å². The Morgan fingerprint density at radius 1 is 1.33 bits per heavy atom. The van der Waals surface area contributed by atoms with Crippen molar-refractivity contribution in [3.63, 3.8) is 0 Å². The van der Waals surface area contributed by atoms with Crippen LogP contribution in [0, 0.1) is 11.8 Å². The first-order valence-electron chi connectivity index (χ1n) is 8.00. The van der Waals surface area contributed by atoms with E-state index >= 15 is 0 Å². The zero-order chi connectivity index (χ0) is 16.9. The summed E-state index contributed by atoms with van der Waals surface area (Å²) in [4.78, 5) is 4.13. The normalized spacial score (nSPS) is 22.0. The number of aliphatic imine (C=N–C) groups is 1. The van der Waals surface area contributed by atoms with E-state index in [-0.39, 0.29) is 42.7 Å². The predicted molar refractivity (Wildman–Crippen MR) is 101 cm³/mol. The minimum absolute atomic E-state index is 0. The third-order valence-corrected chi connectivity index (χ3v) is 4.38. The third kappa shape index (κ3) is 6.52. The summed E-state index contributed by atoms with van der Waals surface area (Å²) in [5.41, 5.74) is 1.13. The van der Waals surface area contributed by atoms with Crippen LogP contribution in [0.5, 0.6) is 0 Å². The average Bonchev–Trinajstić information content (AvgIpc) is 2.92. The Morgan fingerprint density at radius 2 is 2.08 bits per heavy atom. The number of hydrogen-bond donors (Lipinski definition) is 2. The summed E-state index contributed by atoms with van der Waals surface area (Å²) in [6.07, 6.45) is 1.88. The molecule has 24 heavy (non-hydrogen) atoms. The summed E-state index contributed by atoms with van der Waals surface area (Å²) >= 11 is 0. The number of aryl methyl sites for hydroxylation is 1. The van der Waals surface area contributed by atoms with Crippen LogP contribution in [0.2, 0.25) is 0 Å². The van der Waals surface area contributed by atoms with Crippen molar-refractivity contribution in [1.29, 1.82) is 0 Å². The molecule has 0 amide bonds. The number of aromatic nitrogens is 1.